The fourth-order valence-corrected chi connectivity index (χ4v) is 2.20. The van der Waals surface area contributed by atoms with Crippen LogP contribution in [0.4, 0.5) is 0 Å². The van der Waals surface area contributed by atoms with Crippen LogP contribution in [0.25, 0.3) is 0 Å². The van der Waals surface area contributed by atoms with Gasteiger partial charge >= 0.3 is 0 Å². The summed E-state index contributed by atoms with van der Waals surface area (Å²) in [7, 11) is 0. The number of nitrogens with zero attached hydrogens (tertiary/aromatic N) is 1. The summed E-state index contributed by atoms with van der Waals surface area (Å²) in [6.45, 7) is 4.45. The Balaban J connectivity index is 1.75. The first-order valence-corrected chi connectivity index (χ1v) is 7.18. The monoisotopic (exact) mass is 274 g/mol. The lowest BCUT2D eigenvalue weighted by atomic mass is 10.1. The van der Waals surface area contributed by atoms with Crippen LogP contribution in [0.2, 0.25) is 0 Å². The molecule has 0 spiro atoms. The van der Waals surface area contributed by atoms with Crippen LogP contribution >= 0.6 is 0 Å². The number of aromatic nitrogens is 1. The molecule has 20 heavy (non-hydrogen) atoms. The standard InChI is InChI=1S/C16H22N2O2/c1-12(2)20-16-8-7-14(11-18-16)10-17-15(19)9-13-5-3-4-6-13/h3,5,7-8,11-13H,4,6,9-10H2,1-2H3,(H,17,19). The van der Waals surface area contributed by atoms with Gasteiger partial charge in [0.15, 0.2) is 0 Å². The molecular weight excluding hydrogens is 252 g/mol. The summed E-state index contributed by atoms with van der Waals surface area (Å²) in [5.74, 6) is 1.13. The predicted octanol–water partition coefficient (Wildman–Crippen LogP) is 2.84. The molecule has 0 saturated carbocycles. The number of ether oxygens (including phenoxy) is 1. The van der Waals surface area contributed by atoms with Crippen molar-refractivity contribution in [1.29, 1.82) is 0 Å². The molecule has 1 aliphatic carbocycles. The van der Waals surface area contributed by atoms with Crippen molar-refractivity contribution in [3.05, 3.63) is 36.0 Å². The van der Waals surface area contributed by atoms with Gasteiger partial charge in [-0.1, -0.05) is 18.2 Å². The third kappa shape index (κ3) is 4.68. The summed E-state index contributed by atoms with van der Waals surface area (Å²) in [5, 5.41) is 2.93. The van der Waals surface area contributed by atoms with Gasteiger partial charge in [0.25, 0.3) is 0 Å². The molecule has 0 bridgehead atoms. The van der Waals surface area contributed by atoms with Crippen molar-refractivity contribution in [1.82, 2.24) is 10.3 Å². The molecule has 1 aromatic rings. The Morgan fingerprint density at radius 2 is 2.35 bits per heavy atom. The van der Waals surface area contributed by atoms with E-state index in [2.05, 4.69) is 22.5 Å². The van der Waals surface area contributed by atoms with Crippen LogP contribution < -0.4 is 10.1 Å². The molecule has 2 rings (SSSR count). The maximum atomic E-state index is 11.8. The average molecular weight is 274 g/mol. The highest BCUT2D eigenvalue weighted by atomic mass is 16.5. The van der Waals surface area contributed by atoms with E-state index in [-0.39, 0.29) is 12.0 Å². The minimum Gasteiger partial charge on any atom is -0.475 e. The lowest BCUT2D eigenvalue weighted by molar-refractivity contribution is -0.121. The van der Waals surface area contributed by atoms with E-state index in [4.69, 9.17) is 4.74 Å². The zero-order valence-electron chi connectivity index (χ0n) is 12.1. The summed E-state index contributed by atoms with van der Waals surface area (Å²) in [5.41, 5.74) is 0.983. The highest BCUT2D eigenvalue weighted by Crippen LogP contribution is 2.20. The van der Waals surface area contributed by atoms with E-state index in [9.17, 15) is 4.79 Å². The molecule has 0 fully saturated rings. The third-order valence-corrected chi connectivity index (χ3v) is 3.20. The molecule has 0 saturated heterocycles. The van der Waals surface area contributed by atoms with E-state index in [1.165, 1.54) is 0 Å². The molecule has 4 heteroatoms. The zero-order valence-corrected chi connectivity index (χ0v) is 12.1. The highest BCUT2D eigenvalue weighted by molar-refractivity contribution is 5.76. The molecule has 108 valence electrons. The van der Waals surface area contributed by atoms with Gasteiger partial charge in [0.1, 0.15) is 0 Å². The van der Waals surface area contributed by atoms with Crippen molar-refractivity contribution in [3.63, 3.8) is 0 Å². The second-order valence-electron chi connectivity index (χ2n) is 5.42. The van der Waals surface area contributed by atoms with Crippen molar-refractivity contribution in [2.45, 2.75) is 45.8 Å². The quantitative estimate of drug-likeness (QED) is 0.812. The number of rotatable bonds is 6. The average Bonchev–Trinajstić information content (AvgIpc) is 2.90. The molecule has 1 atom stereocenters. The van der Waals surface area contributed by atoms with Crippen molar-refractivity contribution in [2.75, 3.05) is 0 Å². The number of carbonyl (C=O) groups is 1. The van der Waals surface area contributed by atoms with Gasteiger partial charge in [-0.3, -0.25) is 4.79 Å². The van der Waals surface area contributed by atoms with Crippen LogP contribution in [0.15, 0.2) is 30.5 Å². The molecule has 0 aromatic carbocycles. The second kappa shape index (κ2) is 7.08. The second-order valence-corrected chi connectivity index (χ2v) is 5.42. The number of hydrogen-bond donors (Lipinski definition) is 1. The Hall–Kier alpha value is -1.84. The number of nitrogens with one attached hydrogen (secondary N) is 1. The predicted molar refractivity (Wildman–Crippen MR) is 78.3 cm³/mol. The molecule has 0 radical (unpaired) electrons. The topological polar surface area (TPSA) is 51.2 Å². The van der Waals surface area contributed by atoms with E-state index in [1.807, 2.05) is 26.0 Å². The van der Waals surface area contributed by atoms with E-state index in [0.29, 0.717) is 24.8 Å². The Morgan fingerprint density at radius 3 is 2.95 bits per heavy atom. The fraction of sp³-hybridized carbons (Fsp3) is 0.500. The van der Waals surface area contributed by atoms with Crippen molar-refractivity contribution >= 4 is 5.91 Å². The first kappa shape index (κ1) is 14.6. The number of carbonyl (C=O) groups excluding carboxylic acids is 1. The van der Waals surface area contributed by atoms with Crippen LogP contribution in [0.1, 0.15) is 38.7 Å². The van der Waals surface area contributed by atoms with Gasteiger partial charge in [-0.25, -0.2) is 4.98 Å². The summed E-state index contributed by atoms with van der Waals surface area (Å²) >= 11 is 0. The third-order valence-electron chi connectivity index (χ3n) is 3.20. The molecule has 1 unspecified atom stereocenters. The lowest BCUT2D eigenvalue weighted by Crippen LogP contribution is -2.24. The molecule has 1 amide bonds. The number of amides is 1. The lowest BCUT2D eigenvalue weighted by Gasteiger charge is -2.10. The van der Waals surface area contributed by atoms with Gasteiger partial charge < -0.3 is 10.1 Å². The summed E-state index contributed by atoms with van der Waals surface area (Å²) in [4.78, 5) is 16.0. The van der Waals surface area contributed by atoms with Gasteiger partial charge in [0.2, 0.25) is 11.8 Å². The number of allylic oxidation sites excluding steroid dienone is 2. The van der Waals surface area contributed by atoms with Gasteiger partial charge in [-0.05, 0) is 38.2 Å². The van der Waals surface area contributed by atoms with E-state index in [0.717, 1.165) is 18.4 Å². The Labute approximate surface area is 120 Å². The molecule has 0 aliphatic heterocycles. The fourth-order valence-electron chi connectivity index (χ4n) is 2.20. The molecule has 1 heterocycles. The normalized spacial score (nSPS) is 17.4. The van der Waals surface area contributed by atoms with Gasteiger partial charge in [0.05, 0.1) is 6.10 Å². The van der Waals surface area contributed by atoms with Crippen molar-refractivity contribution < 1.29 is 9.53 Å². The van der Waals surface area contributed by atoms with E-state index in [1.54, 1.807) is 6.20 Å². The Kier molecular flexibility index (Phi) is 5.16. The zero-order chi connectivity index (χ0) is 14.4. The van der Waals surface area contributed by atoms with Crippen LogP contribution in [0.5, 0.6) is 5.88 Å². The SMILES string of the molecule is CC(C)Oc1ccc(CNC(=O)CC2C=CCC2)cn1. The number of pyridine rings is 1. The highest BCUT2D eigenvalue weighted by Gasteiger charge is 2.13. The van der Waals surface area contributed by atoms with E-state index < -0.39 is 0 Å². The first-order valence-electron chi connectivity index (χ1n) is 7.18. The van der Waals surface area contributed by atoms with Crippen LogP contribution in [-0.2, 0) is 11.3 Å². The smallest absolute Gasteiger partial charge is 0.220 e. The molecule has 1 aliphatic rings. The van der Waals surface area contributed by atoms with Crippen LogP contribution in [0, 0.1) is 5.92 Å². The largest absolute Gasteiger partial charge is 0.475 e. The summed E-state index contributed by atoms with van der Waals surface area (Å²) in [6, 6.07) is 3.77. The molecule has 1 N–H and O–H groups in total. The maximum Gasteiger partial charge on any atom is 0.220 e. The van der Waals surface area contributed by atoms with Crippen molar-refractivity contribution in [2.24, 2.45) is 5.92 Å². The van der Waals surface area contributed by atoms with Crippen LogP contribution in [-0.4, -0.2) is 17.0 Å². The molecular formula is C16H22N2O2. The summed E-state index contributed by atoms with van der Waals surface area (Å²) in [6.07, 6.45) is 8.92. The summed E-state index contributed by atoms with van der Waals surface area (Å²) < 4.78 is 5.48. The minimum absolute atomic E-state index is 0.101. The maximum absolute atomic E-state index is 11.8. The van der Waals surface area contributed by atoms with Gasteiger partial charge in [-0.2, -0.15) is 0 Å². The Morgan fingerprint density at radius 1 is 1.50 bits per heavy atom. The van der Waals surface area contributed by atoms with Gasteiger partial charge in [-0.15, -0.1) is 0 Å². The molecule has 1 aromatic heterocycles. The van der Waals surface area contributed by atoms with E-state index >= 15 is 0 Å². The molecule has 4 nitrogen and oxygen atoms in total. The first-order chi connectivity index (χ1) is 9.63. The minimum atomic E-state index is 0.101. The number of hydrogen-bond acceptors (Lipinski definition) is 3. The van der Waals surface area contributed by atoms with Crippen LogP contribution in [0.3, 0.4) is 0 Å². The van der Waals surface area contributed by atoms with Gasteiger partial charge in [0, 0.05) is 25.2 Å². The van der Waals surface area contributed by atoms with Crippen molar-refractivity contribution in [3.8, 4) is 5.88 Å². The Bertz CT molecular complexity index is 466.